The van der Waals surface area contributed by atoms with Crippen LogP contribution in [0, 0.1) is 0 Å². The van der Waals surface area contributed by atoms with Gasteiger partial charge in [-0.15, -0.1) is 0 Å². The lowest BCUT2D eigenvalue weighted by Gasteiger charge is -2.27. The molecule has 0 bridgehead atoms. The van der Waals surface area contributed by atoms with Crippen LogP contribution >= 0.6 is 0 Å². The lowest BCUT2D eigenvalue weighted by molar-refractivity contribution is -0.131. The number of carbonyl (C=O) groups excluding carboxylic acids is 1. The summed E-state index contributed by atoms with van der Waals surface area (Å²) in [7, 11) is 3.82. The van der Waals surface area contributed by atoms with E-state index in [4.69, 9.17) is 9.72 Å². The number of hydrogen-bond acceptors (Lipinski definition) is 7. The van der Waals surface area contributed by atoms with E-state index >= 15 is 0 Å². The third-order valence-corrected chi connectivity index (χ3v) is 6.88. The molecular weight excluding hydrogens is 418 g/mol. The van der Waals surface area contributed by atoms with Crippen molar-refractivity contribution in [3.63, 3.8) is 0 Å². The van der Waals surface area contributed by atoms with Gasteiger partial charge in [0.25, 0.3) is 0 Å². The van der Waals surface area contributed by atoms with E-state index in [-0.39, 0.29) is 18.0 Å². The Kier molecular flexibility index (Phi) is 5.65. The van der Waals surface area contributed by atoms with Gasteiger partial charge in [-0.25, -0.2) is 9.67 Å². The highest BCUT2D eigenvalue weighted by atomic mass is 16.5. The van der Waals surface area contributed by atoms with Gasteiger partial charge in [0.05, 0.1) is 37.0 Å². The molecule has 0 spiro atoms. The standard InChI is InChI=1S/C24H31N7O2/c1-15-5-6-20(31(15)16(2)32)14-30-23-19(12-26-30)11-25-24(28-23)27-21-9-18-13-29(3)8-7-17(18)10-22(21)33-4/h9-12,15,20H,5-8,13-14H2,1-4H3,(H,25,27,28)/t15-,20+/m1/s1. The van der Waals surface area contributed by atoms with Gasteiger partial charge < -0.3 is 19.9 Å². The summed E-state index contributed by atoms with van der Waals surface area (Å²) in [6.45, 7) is 6.33. The monoisotopic (exact) mass is 449 g/mol. The fraction of sp³-hybridized carbons (Fsp3) is 0.500. The van der Waals surface area contributed by atoms with E-state index in [1.54, 1.807) is 26.4 Å². The number of nitrogens with one attached hydrogen (secondary N) is 1. The van der Waals surface area contributed by atoms with E-state index in [1.165, 1.54) is 11.1 Å². The average molecular weight is 450 g/mol. The zero-order valence-electron chi connectivity index (χ0n) is 19.7. The molecule has 5 rings (SSSR count). The van der Waals surface area contributed by atoms with Crippen molar-refractivity contribution >= 4 is 28.6 Å². The lowest BCUT2D eigenvalue weighted by atomic mass is 9.99. The first-order valence-electron chi connectivity index (χ1n) is 11.6. The largest absolute Gasteiger partial charge is 0.495 e. The maximum Gasteiger partial charge on any atom is 0.229 e. The number of fused-ring (bicyclic) bond motifs is 2. The van der Waals surface area contributed by atoms with Crippen molar-refractivity contribution in [2.45, 2.75) is 58.3 Å². The van der Waals surface area contributed by atoms with Crippen molar-refractivity contribution in [1.82, 2.24) is 29.5 Å². The second-order valence-electron chi connectivity index (χ2n) is 9.24. The zero-order chi connectivity index (χ0) is 23.1. The predicted octanol–water partition coefficient (Wildman–Crippen LogP) is 2.97. The Hall–Kier alpha value is -3.20. The summed E-state index contributed by atoms with van der Waals surface area (Å²) in [6, 6.07) is 4.64. The number of benzene rings is 1. The predicted molar refractivity (Wildman–Crippen MR) is 127 cm³/mol. The number of ether oxygens (including phenoxy) is 1. The molecule has 0 saturated carbocycles. The quantitative estimate of drug-likeness (QED) is 0.641. The van der Waals surface area contributed by atoms with Crippen molar-refractivity contribution < 1.29 is 9.53 Å². The molecule has 1 aromatic carbocycles. The minimum Gasteiger partial charge on any atom is -0.495 e. The molecule has 33 heavy (non-hydrogen) atoms. The summed E-state index contributed by atoms with van der Waals surface area (Å²) < 4.78 is 7.54. The third kappa shape index (κ3) is 4.13. The van der Waals surface area contributed by atoms with Crippen LogP contribution in [0.3, 0.4) is 0 Å². The van der Waals surface area contributed by atoms with Crippen LogP contribution in [-0.2, 0) is 24.3 Å². The van der Waals surface area contributed by atoms with Gasteiger partial charge in [-0.05, 0) is 56.5 Å². The van der Waals surface area contributed by atoms with Crippen LogP contribution in [0.25, 0.3) is 11.0 Å². The Morgan fingerprint density at radius 1 is 1.24 bits per heavy atom. The first kappa shape index (κ1) is 21.6. The van der Waals surface area contributed by atoms with Crippen LogP contribution in [0.4, 0.5) is 11.6 Å². The van der Waals surface area contributed by atoms with Crippen LogP contribution in [0.2, 0.25) is 0 Å². The molecular formula is C24H31N7O2. The Morgan fingerprint density at radius 2 is 2.09 bits per heavy atom. The van der Waals surface area contributed by atoms with Gasteiger partial charge in [0.2, 0.25) is 11.9 Å². The number of likely N-dealkylation sites (N-methyl/N-ethyl adjacent to an activating group) is 1. The summed E-state index contributed by atoms with van der Waals surface area (Å²) >= 11 is 0. The minimum atomic E-state index is 0.114. The van der Waals surface area contributed by atoms with Crippen molar-refractivity contribution in [2.24, 2.45) is 0 Å². The highest BCUT2D eigenvalue weighted by Crippen LogP contribution is 2.33. The second-order valence-corrected chi connectivity index (χ2v) is 9.24. The van der Waals surface area contributed by atoms with Gasteiger partial charge in [-0.1, -0.05) is 0 Å². The van der Waals surface area contributed by atoms with Crippen LogP contribution < -0.4 is 10.1 Å². The number of anilines is 2. The molecule has 0 aliphatic carbocycles. The second kappa shape index (κ2) is 8.62. The van der Waals surface area contributed by atoms with Gasteiger partial charge in [0.1, 0.15) is 5.75 Å². The van der Waals surface area contributed by atoms with E-state index in [9.17, 15) is 4.79 Å². The maximum atomic E-state index is 12.1. The number of nitrogens with zero attached hydrogens (tertiary/aromatic N) is 6. The van der Waals surface area contributed by atoms with Crippen molar-refractivity contribution in [3.05, 3.63) is 35.7 Å². The molecule has 0 unspecified atom stereocenters. The molecule has 0 radical (unpaired) electrons. The number of likely N-dealkylation sites (tertiary alicyclic amines) is 1. The number of methoxy groups -OCH3 is 1. The Bertz CT molecular complexity index is 1190. The van der Waals surface area contributed by atoms with E-state index < -0.39 is 0 Å². The fourth-order valence-electron chi connectivity index (χ4n) is 5.19. The zero-order valence-corrected chi connectivity index (χ0v) is 19.7. The van der Waals surface area contributed by atoms with E-state index in [0.29, 0.717) is 12.5 Å². The third-order valence-electron chi connectivity index (χ3n) is 6.88. The number of carbonyl (C=O) groups is 1. The van der Waals surface area contributed by atoms with Gasteiger partial charge in [0.15, 0.2) is 5.65 Å². The summed E-state index contributed by atoms with van der Waals surface area (Å²) in [4.78, 5) is 25.7. The molecule has 1 saturated heterocycles. The molecule has 2 aliphatic rings. The topological polar surface area (TPSA) is 88.4 Å². The minimum absolute atomic E-state index is 0.114. The molecule has 2 aromatic heterocycles. The highest BCUT2D eigenvalue weighted by Gasteiger charge is 2.33. The summed E-state index contributed by atoms with van der Waals surface area (Å²) in [5, 5.41) is 8.77. The van der Waals surface area contributed by atoms with Crippen molar-refractivity contribution in [2.75, 3.05) is 26.0 Å². The van der Waals surface area contributed by atoms with Crippen LogP contribution in [0.15, 0.2) is 24.5 Å². The number of amides is 1. The Morgan fingerprint density at radius 3 is 2.88 bits per heavy atom. The van der Waals surface area contributed by atoms with Crippen LogP contribution in [0.5, 0.6) is 5.75 Å². The number of aromatic nitrogens is 4. The molecule has 4 heterocycles. The van der Waals surface area contributed by atoms with Gasteiger partial charge in [-0.3, -0.25) is 4.79 Å². The average Bonchev–Trinajstić information content (AvgIpc) is 3.36. The van der Waals surface area contributed by atoms with Crippen LogP contribution in [0.1, 0.15) is 37.8 Å². The lowest BCUT2D eigenvalue weighted by Crippen LogP contribution is -2.40. The van der Waals surface area contributed by atoms with E-state index in [1.807, 2.05) is 9.58 Å². The normalized spacial score (nSPS) is 20.8. The van der Waals surface area contributed by atoms with Crippen molar-refractivity contribution in [1.29, 1.82) is 0 Å². The molecule has 2 atom stereocenters. The molecule has 1 fully saturated rings. The van der Waals surface area contributed by atoms with Gasteiger partial charge >= 0.3 is 0 Å². The summed E-state index contributed by atoms with van der Waals surface area (Å²) in [5.74, 6) is 1.39. The van der Waals surface area contributed by atoms with E-state index in [0.717, 1.165) is 54.8 Å². The molecule has 1 amide bonds. The Labute approximate surface area is 193 Å². The highest BCUT2D eigenvalue weighted by molar-refractivity contribution is 5.76. The SMILES string of the molecule is COc1cc2c(cc1Nc1ncc3cnn(C[C@@H]4CC[C@@H](C)N4C(C)=O)c3n1)CN(C)CC2. The first-order valence-corrected chi connectivity index (χ1v) is 11.6. The molecule has 2 aliphatic heterocycles. The first-order chi connectivity index (χ1) is 15.9. The van der Waals surface area contributed by atoms with Crippen molar-refractivity contribution in [3.8, 4) is 5.75 Å². The molecule has 1 N–H and O–H groups in total. The Balaban J connectivity index is 1.43. The molecule has 9 heteroatoms. The smallest absolute Gasteiger partial charge is 0.229 e. The molecule has 174 valence electrons. The van der Waals surface area contributed by atoms with Gasteiger partial charge in [0, 0.05) is 32.3 Å². The van der Waals surface area contributed by atoms with Crippen LogP contribution in [-0.4, -0.2) is 68.2 Å². The number of hydrogen-bond donors (Lipinski definition) is 1. The van der Waals surface area contributed by atoms with E-state index in [2.05, 4.69) is 46.4 Å². The summed E-state index contributed by atoms with van der Waals surface area (Å²) in [5.41, 5.74) is 4.22. The molecule has 3 aromatic rings. The number of rotatable bonds is 5. The maximum absolute atomic E-state index is 12.1. The van der Waals surface area contributed by atoms with Gasteiger partial charge in [-0.2, -0.15) is 10.1 Å². The molecule has 9 nitrogen and oxygen atoms in total. The summed E-state index contributed by atoms with van der Waals surface area (Å²) in [6.07, 6.45) is 6.57. The fourth-order valence-corrected chi connectivity index (χ4v) is 5.19.